The van der Waals surface area contributed by atoms with E-state index in [4.69, 9.17) is 5.11 Å². The Balaban J connectivity index is 0.000000444. The Bertz CT molecular complexity index is 602. The Labute approximate surface area is 116 Å². The van der Waals surface area contributed by atoms with Gasteiger partial charge in [-0.2, -0.15) is 0 Å². The van der Waals surface area contributed by atoms with Crippen LogP contribution in [-0.2, 0) is 11.2 Å². The van der Waals surface area contributed by atoms with Gasteiger partial charge in [0.2, 0.25) is 0 Å². The lowest BCUT2D eigenvalue weighted by Gasteiger charge is -1.99. The number of carboxylic acid groups (broad SMARTS) is 1. The zero-order chi connectivity index (χ0) is 15.3. The van der Waals surface area contributed by atoms with Crippen molar-refractivity contribution < 1.29 is 23.2 Å². The van der Waals surface area contributed by atoms with Crippen LogP contribution < -0.4 is 0 Å². The Hall–Kier alpha value is -2.00. The van der Waals surface area contributed by atoms with Gasteiger partial charge in [-0.25, -0.2) is 23.2 Å². The lowest BCUT2D eigenvalue weighted by molar-refractivity contribution is 0.0683. The first-order chi connectivity index (χ1) is 9.31. The van der Waals surface area contributed by atoms with E-state index in [-0.39, 0.29) is 5.69 Å². The highest BCUT2D eigenvalue weighted by Crippen LogP contribution is 2.11. The maximum absolute atomic E-state index is 12.9. The molecule has 1 aromatic heterocycles. The minimum atomic E-state index is -1.29. The summed E-state index contributed by atoms with van der Waals surface area (Å²) >= 11 is -0.611. The van der Waals surface area contributed by atoms with Gasteiger partial charge in [-0.1, -0.05) is 11.2 Å². The lowest BCUT2D eigenvalue weighted by Crippen LogP contribution is -2.02. The maximum Gasteiger partial charge on any atom is 0.375 e. The van der Waals surface area contributed by atoms with Crippen LogP contribution in [0.1, 0.15) is 10.6 Å². The van der Waals surface area contributed by atoms with Crippen molar-refractivity contribution in [2.45, 2.75) is 0 Å². The highest BCUT2D eigenvalue weighted by Gasteiger charge is 2.10. The molecule has 0 atom stereocenters. The van der Waals surface area contributed by atoms with Crippen molar-refractivity contribution in [3.05, 3.63) is 42.0 Å². The molecule has 0 aliphatic heterocycles. The molecule has 0 bridgehead atoms. The number of carboxylic acids is 1. The number of hydrogen-bond acceptors (Lipinski definition) is 4. The van der Waals surface area contributed by atoms with Gasteiger partial charge in [0.25, 0.3) is 5.82 Å². The molecule has 9 heteroatoms. The van der Waals surface area contributed by atoms with Gasteiger partial charge in [0, 0.05) is 6.07 Å². The summed E-state index contributed by atoms with van der Waals surface area (Å²) in [5.41, 5.74) is 0.193. The van der Waals surface area contributed by atoms with Gasteiger partial charge in [-0.15, -0.1) is 5.10 Å². The summed E-state index contributed by atoms with van der Waals surface area (Å²) in [6.07, 6.45) is 4.39. The summed E-state index contributed by atoms with van der Waals surface area (Å²) in [6.45, 7) is 0. The fourth-order valence-electron chi connectivity index (χ4n) is 1.11. The van der Waals surface area contributed by atoms with Gasteiger partial charge in [-0.3, -0.25) is 0 Å². The molecule has 2 aromatic rings. The van der Waals surface area contributed by atoms with Crippen molar-refractivity contribution in [1.82, 2.24) is 14.8 Å². The second-order valence-corrected chi connectivity index (χ2v) is 5.14. The van der Waals surface area contributed by atoms with E-state index in [1.807, 2.05) is 0 Å². The Morgan fingerprint density at radius 3 is 2.40 bits per heavy atom. The third-order valence-electron chi connectivity index (χ3n) is 1.85. The molecular weight excluding hydrogens is 292 g/mol. The fourth-order valence-corrected chi connectivity index (χ4v) is 1.11. The summed E-state index contributed by atoms with van der Waals surface area (Å²) in [7, 11) is 0. The van der Waals surface area contributed by atoms with E-state index in [1.54, 1.807) is 12.5 Å². The van der Waals surface area contributed by atoms with Crippen LogP contribution in [0.3, 0.4) is 0 Å². The Morgan fingerprint density at radius 1 is 1.35 bits per heavy atom. The molecular formula is C11H11F2N3O3S. The highest BCUT2D eigenvalue weighted by atomic mass is 32.2. The van der Waals surface area contributed by atoms with Gasteiger partial charge in [-0.05, 0) is 12.1 Å². The minimum absolute atomic E-state index is 0.193. The molecule has 0 amide bonds. The van der Waals surface area contributed by atoms with Crippen LogP contribution in [0.4, 0.5) is 8.78 Å². The van der Waals surface area contributed by atoms with Gasteiger partial charge >= 0.3 is 5.97 Å². The zero-order valence-electron chi connectivity index (χ0n) is 10.6. The number of hydrogen-bond donors (Lipinski definition) is 1. The van der Waals surface area contributed by atoms with Gasteiger partial charge in [0.15, 0.2) is 11.6 Å². The Morgan fingerprint density at radius 2 is 1.95 bits per heavy atom. The van der Waals surface area contributed by atoms with Crippen molar-refractivity contribution in [3.8, 4) is 5.69 Å². The minimum Gasteiger partial charge on any atom is -0.617 e. The van der Waals surface area contributed by atoms with Crippen LogP contribution in [-0.4, -0.2) is 42.9 Å². The van der Waals surface area contributed by atoms with E-state index in [2.05, 4.69) is 10.1 Å². The number of rotatable bonds is 2. The average Bonchev–Trinajstić information content (AvgIpc) is 2.81. The van der Waals surface area contributed by atoms with E-state index in [0.717, 1.165) is 23.1 Å². The molecule has 0 unspecified atom stereocenters. The molecule has 1 heterocycles. The van der Waals surface area contributed by atoms with E-state index >= 15 is 0 Å². The van der Waals surface area contributed by atoms with Gasteiger partial charge in [0.05, 0.1) is 18.2 Å². The molecule has 0 saturated heterocycles. The molecule has 20 heavy (non-hydrogen) atoms. The first-order valence-corrected chi connectivity index (χ1v) is 7.13. The largest absolute Gasteiger partial charge is 0.617 e. The molecule has 0 radical (unpaired) electrons. The quantitative estimate of drug-likeness (QED) is 0.843. The standard InChI is InChI=1S/C9H5F2N3O2.C2H6OS/c10-6-2-1-5(3-7(6)11)14-4-12-8(13-14)9(15)16;1-4(2)3/h1-4H,(H,15,16);1-2H3. The molecule has 108 valence electrons. The zero-order valence-corrected chi connectivity index (χ0v) is 11.4. The van der Waals surface area contributed by atoms with Crippen molar-refractivity contribution in [2.24, 2.45) is 0 Å². The molecule has 0 aliphatic rings. The monoisotopic (exact) mass is 303 g/mol. The van der Waals surface area contributed by atoms with Crippen molar-refractivity contribution in [2.75, 3.05) is 12.5 Å². The molecule has 1 N–H and O–H groups in total. The first-order valence-electron chi connectivity index (χ1n) is 5.16. The topological polar surface area (TPSA) is 91.1 Å². The molecule has 2 rings (SSSR count). The summed E-state index contributed by atoms with van der Waals surface area (Å²) in [5.74, 6) is -3.72. The fraction of sp³-hybridized carbons (Fsp3) is 0.182. The van der Waals surface area contributed by atoms with E-state index in [0.29, 0.717) is 0 Å². The lowest BCUT2D eigenvalue weighted by atomic mass is 10.3. The number of benzene rings is 1. The molecule has 0 saturated carbocycles. The normalized spacial score (nSPS) is 10.1. The number of aromatic nitrogens is 3. The van der Waals surface area contributed by atoms with Crippen LogP contribution in [0, 0.1) is 11.6 Å². The summed E-state index contributed by atoms with van der Waals surface area (Å²) in [5, 5.41) is 12.1. The maximum atomic E-state index is 12.9. The summed E-state index contributed by atoms with van der Waals surface area (Å²) in [6, 6.07) is 3.08. The molecule has 1 aromatic carbocycles. The number of halogens is 2. The molecule has 0 fully saturated rings. The second kappa shape index (κ2) is 6.96. The number of carbonyl (C=O) groups is 1. The SMILES string of the molecule is C[S+](C)[O-].O=C(O)c1ncn(-c2ccc(F)c(F)c2)n1. The second-order valence-electron chi connectivity index (χ2n) is 3.66. The smallest absolute Gasteiger partial charge is 0.375 e. The van der Waals surface area contributed by atoms with E-state index in [1.165, 1.54) is 6.07 Å². The van der Waals surface area contributed by atoms with E-state index < -0.39 is 34.6 Å². The van der Waals surface area contributed by atoms with Crippen LogP contribution in [0.15, 0.2) is 24.5 Å². The highest BCUT2D eigenvalue weighted by molar-refractivity contribution is 7.89. The Kier molecular flexibility index (Phi) is 5.59. The van der Waals surface area contributed by atoms with Crippen LogP contribution in [0.5, 0.6) is 0 Å². The molecule has 0 spiro atoms. The van der Waals surface area contributed by atoms with Crippen LogP contribution in [0.25, 0.3) is 5.69 Å². The van der Waals surface area contributed by atoms with E-state index in [9.17, 15) is 18.1 Å². The number of aromatic carboxylic acids is 1. The van der Waals surface area contributed by atoms with Crippen LogP contribution >= 0.6 is 0 Å². The van der Waals surface area contributed by atoms with Crippen molar-refractivity contribution in [3.63, 3.8) is 0 Å². The number of nitrogens with zero attached hydrogens (tertiary/aromatic N) is 3. The third kappa shape index (κ3) is 4.59. The summed E-state index contributed by atoms with van der Waals surface area (Å²) in [4.78, 5) is 14.0. The predicted molar refractivity (Wildman–Crippen MR) is 68.2 cm³/mol. The van der Waals surface area contributed by atoms with Crippen molar-refractivity contribution in [1.29, 1.82) is 0 Å². The van der Waals surface area contributed by atoms with Crippen LogP contribution in [0.2, 0.25) is 0 Å². The van der Waals surface area contributed by atoms with Gasteiger partial charge < -0.3 is 9.66 Å². The molecule has 0 aliphatic carbocycles. The predicted octanol–water partition coefficient (Wildman–Crippen LogP) is 1.24. The summed E-state index contributed by atoms with van der Waals surface area (Å²) < 4.78 is 36.1. The molecule has 6 nitrogen and oxygen atoms in total. The first kappa shape index (κ1) is 16.1. The van der Waals surface area contributed by atoms with Crippen molar-refractivity contribution >= 4 is 17.1 Å². The average molecular weight is 303 g/mol. The van der Waals surface area contributed by atoms with Gasteiger partial charge in [0.1, 0.15) is 6.33 Å². The third-order valence-corrected chi connectivity index (χ3v) is 1.85.